The number of hydrogen-bond donors (Lipinski definition) is 7. The van der Waals surface area contributed by atoms with Crippen molar-refractivity contribution in [3.8, 4) is 0 Å². The standard InChI is InChI=1S/C6H9O9P/c7-1-2(8)4(10)6(5(11)3(1)9)15-16(12,13)14/h4,6-11H,(H2,12,13,14)/t4-,6+/m0/s1. The Bertz CT molecular complexity index is 404. The normalized spacial score (nSPS) is 27.4. The molecule has 0 unspecified atom stereocenters. The van der Waals surface area contributed by atoms with Crippen molar-refractivity contribution in [3.05, 3.63) is 23.0 Å². The van der Waals surface area contributed by atoms with Crippen molar-refractivity contribution in [2.45, 2.75) is 12.2 Å². The molecule has 0 aromatic rings. The van der Waals surface area contributed by atoms with Gasteiger partial charge >= 0.3 is 7.82 Å². The Labute approximate surface area is 88.4 Å². The largest absolute Gasteiger partial charge is 0.506 e. The van der Waals surface area contributed by atoms with Gasteiger partial charge in [0.25, 0.3) is 0 Å². The number of hydrogen-bond acceptors (Lipinski definition) is 7. The molecule has 0 saturated carbocycles. The van der Waals surface area contributed by atoms with Crippen LogP contribution in [0, 0.1) is 0 Å². The summed E-state index contributed by atoms with van der Waals surface area (Å²) in [6, 6.07) is 0. The van der Waals surface area contributed by atoms with E-state index in [1.54, 1.807) is 0 Å². The number of aliphatic hydroxyl groups excluding tert-OH is 5. The Hall–Kier alpha value is -1.25. The van der Waals surface area contributed by atoms with E-state index >= 15 is 0 Å². The topological polar surface area (TPSA) is 168 Å². The quantitative estimate of drug-likeness (QED) is 0.322. The minimum atomic E-state index is -5.06. The van der Waals surface area contributed by atoms with Crippen LogP contribution in [0.1, 0.15) is 0 Å². The molecule has 0 amide bonds. The number of aliphatic hydroxyl groups is 5. The summed E-state index contributed by atoms with van der Waals surface area (Å²) in [5, 5.41) is 45.4. The van der Waals surface area contributed by atoms with Gasteiger partial charge < -0.3 is 35.3 Å². The highest BCUT2D eigenvalue weighted by Gasteiger charge is 2.41. The molecule has 16 heavy (non-hydrogen) atoms. The third-order valence-corrected chi connectivity index (χ3v) is 2.30. The molecule has 1 rings (SSSR count). The van der Waals surface area contributed by atoms with Crippen molar-refractivity contribution in [2.75, 3.05) is 0 Å². The predicted octanol–water partition coefficient (Wildman–Crippen LogP) is -0.506. The molecule has 0 heterocycles. The zero-order valence-electron chi connectivity index (χ0n) is 7.55. The summed E-state index contributed by atoms with van der Waals surface area (Å²) in [7, 11) is -5.06. The SMILES string of the molecule is O=P(O)(O)O[C@H]1C(O)=C(O)C(O)=C(O)[C@@H]1O. The highest BCUT2D eigenvalue weighted by molar-refractivity contribution is 7.46. The monoisotopic (exact) mass is 256 g/mol. The number of phosphoric acid groups is 1. The molecule has 2 atom stereocenters. The molecule has 0 spiro atoms. The minimum absolute atomic E-state index is 1.17. The summed E-state index contributed by atoms with van der Waals surface area (Å²) in [6.07, 6.45) is -4.18. The van der Waals surface area contributed by atoms with Crippen molar-refractivity contribution >= 4 is 7.82 Å². The first-order chi connectivity index (χ1) is 7.15. The van der Waals surface area contributed by atoms with E-state index in [1.165, 1.54) is 0 Å². The van der Waals surface area contributed by atoms with Gasteiger partial charge in [-0.1, -0.05) is 0 Å². The van der Waals surface area contributed by atoms with Crippen LogP contribution in [0.15, 0.2) is 23.0 Å². The molecular weight excluding hydrogens is 247 g/mol. The van der Waals surface area contributed by atoms with Crippen molar-refractivity contribution in [3.63, 3.8) is 0 Å². The van der Waals surface area contributed by atoms with E-state index < -0.39 is 43.1 Å². The lowest BCUT2D eigenvalue weighted by molar-refractivity contribution is -0.00151. The molecule has 0 aliphatic heterocycles. The molecule has 7 N–H and O–H groups in total. The van der Waals surface area contributed by atoms with Crippen LogP contribution in [-0.4, -0.2) is 47.5 Å². The number of rotatable bonds is 2. The van der Waals surface area contributed by atoms with Crippen molar-refractivity contribution in [1.82, 2.24) is 0 Å². The van der Waals surface area contributed by atoms with Crippen molar-refractivity contribution in [2.24, 2.45) is 0 Å². The molecule has 0 aromatic heterocycles. The summed E-state index contributed by atoms with van der Waals surface area (Å²) < 4.78 is 14.4. The van der Waals surface area contributed by atoms with Gasteiger partial charge in [-0.2, -0.15) is 0 Å². The first-order valence-electron chi connectivity index (χ1n) is 3.81. The Kier molecular flexibility index (Phi) is 3.17. The highest BCUT2D eigenvalue weighted by Crippen LogP contribution is 2.42. The van der Waals surface area contributed by atoms with Crippen LogP contribution in [-0.2, 0) is 9.09 Å². The Morgan fingerprint density at radius 2 is 1.44 bits per heavy atom. The summed E-state index contributed by atoms with van der Waals surface area (Å²) in [5.41, 5.74) is 0. The maximum atomic E-state index is 10.5. The third kappa shape index (κ3) is 2.29. The Morgan fingerprint density at radius 1 is 1.00 bits per heavy atom. The van der Waals surface area contributed by atoms with E-state index in [9.17, 15) is 9.67 Å². The van der Waals surface area contributed by atoms with E-state index in [0.717, 1.165) is 0 Å². The molecule has 1 aliphatic rings. The average Bonchev–Trinajstić information content (AvgIpc) is 2.17. The highest BCUT2D eigenvalue weighted by atomic mass is 31.2. The molecule has 1 aliphatic carbocycles. The van der Waals surface area contributed by atoms with E-state index in [4.69, 9.17) is 30.2 Å². The second-order valence-corrected chi connectivity index (χ2v) is 4.12. The molecule has 0 fully saturated rings. The molecule has 9 nitrogen and oxygen atoms in total. The van der Waals surface area contributed by atoms with Gasteiger partial charge in [-0.25, -0.2) is 4.57 Å². The zero-order chi connectivity index (χ0) is 12.7. The van der Waals surface area contributed by atoms with Gasteiger partial charge in [0.1, 0.15) is 6.10 Å². The van der Waals surface area contributed by atoms with Gasteiger partial charge in [-0.15, -0.1) is 0 Å². The first kappa shape index (κ1) is 12.8. The van der Waals surface area contributed by atoms with Gasteiger partial charge in [0.15, 0.2) is 17.6 Å². The lowest BCUT2D eigenvalue weighted by Crippen LogP contribution is -2.36. The molecule has 0 radical (unpaired) electrons. The van der Waals surface area contributed by atoms with Crippen molar-refractivity contribution < 1.29 is 44.4 Å². The molecule has 0 bridgehead atoms. The maximum Gasteiger partial charge on any atom is 0.470 e. The lowest BCUT2D eigenvalue weighted by Gasteiger charge is -2.26. The average molecular weight is 256 g/mol. The fourth-order valence-corrected chi connectivity index (χ4v) is 1.58. The van der Waals surface area contributed by atoms with Crippen LogP contribution in [0.25, 0.3) is 0 Å². The zero-order valence-corrected chi connectivity index (χ0v) is 8.44. The molecule has 0 saturated heterocycles. The second-order valence-electron chi connectivity index (χ2n) is 2.93. The van der Waals surface area contributed by atoms with Gasteiger partial charge in [-0.3, -0.25) is 4.52 Å². The van der Waals surface area contributed by atoms with E-state index in [-0.39, 0.29) is 0 Å². The van der Waals surface area contributed by atoms with Gasteiger partial charge in [0, 0.05) is 0 Å². The van der Waals surface area contributed by atoms with Crippen LogP contribution < -0.4 is 0 Å². The Morgan fingerprint density at radius 3 is 1.88 bits per heavy atom. The lowest BCUT2D eigenvalue weighted by atomic mass is 10.0. The Balaban J connectivity index is 3.11. The minimum Gasteiger partial charge on any atom is -0.506 e. The molecular formula is C6H9O9P. The van der Waals surface area contributed by atoms with Crippen LogP contribution in [0.5, 0.6) is 0 Å². The van der Waals surface area contributed by atoms with Crippen LogP contribution in [0.2, 0.25) is 0 Å². The fraction of sp³-hybridized carbons (Fsp3) is 0.333. The van der Waals surface area contributed by atoms with E-state index in [2.05, 4.69) is 4.52 Å². The van der Waals surface area contributed by atoms with Gasteiger partial charge in [0.2, 0.25) is 11.5 Å². The summed E-state index contributed by atoms with van der Waals surface area (Å²) in [4.78, 5) is 16.9. The first-order valence-corrected chi connectivity index (χ1v) is 5.34. The van der Waals surface area contributed by atoms with Crippen LogP contribution in [0.4, 0.5) is 0 Å². The van der Waals surface area contributed by atoms with Gasteiger partial charge in [0.05, 0.1) is 0 Å². The molecule has 10 heteroatoms. The van der Waals surface area contributed by atoms with Crippen LogP contribution >= 0.6 is 7.82 Å². The van der Waals surface area contributed by atoms with Crippen LogP contribution in [0.3, 0.4) is 0 Å². The molecule has 0 aromatic carbocycles. The van der Waals surface area contributed by atoms with E-state index in [1.807, 2.05) is 0 Å². The summed E-state index contributed by atoms with van der Waals surface area (Å²) in [6.45, 7) is 0. The number of phosphoric ester groups is 1. The molecule has 92 valence electrons. The fourth-order valence-electron chi connectivity index (χ4n) is 1.07. The van der Waals surface area contributed by atoms with Gasteiger partial charge in [-0.05, 0) is 0 Å². The van der Waals surface area contributed by atoms with E-state index in [0.29, 0.717) is 0 Å². The summed E-state index contributed by atoms with van der Waals surface area (Å²) in [5.74, 6) is -4.81. The maximum absolute atomic E-state index is 10.5. The third-order valence-electron chi connectivity index (χ3n) is 1.80. The summed E-state index contributed by atoms with van der Waals surface area (Å²) >= 11 is 0. The predicted molar refractivity (Wildman–Crippen MR) is 47.5 cm³/mol. The second kappa shape index (κ2) is 3.96. The van der Waals surface area contributed by atoms with Crippen molar-refractivity contribution in [1.29, 1.82) is 0 Å². The smallest absolute Gasteiger partial charge is 0.470 e.